The second-order valence-corrected chi connectivity index (χ2v) is 8.48. The number of hydrogen-bond acceptors (Lipinski definition) is 4. The molecule has 0 bridgehead atoms. The van der Waals surface area contributed by atoms with E-state index < -0.39 is 15.9 Å². The second kappa shape index (κ2) is 7.65. The summed E-state index contributed by atoms with van der Waals surface area (Å²) in [5.74, 6) is 0.112. The molecule has 3 amide bonds. The van der Waals surface area contributed by atoms with Gasteiger partial charge < -0.3 is 16.0 Å². The maximum Gasteiger partial charge on any atom is 0.315 e. The molecular formula is C16H23N3O4S. The van der Waals surface area contributed by atoms with Crippen molar-refractivity contribution in [3.05, 3.63) is 29.8 Å². The number of carbonyl (C=O) groups is 2. The number of anilines is 1. The van der Waals surface area contributed by atoms with Crippen molar-refractivity contribution in [2.24, 2.45) is 0 Å². The Hall–Kier alpha value is -2.09. The number of nitrogens with one attached hydrogen (secondary N) is 3. The van der Waals surface area contributed by atoms with Gasteiger partial charge in [0.2, 0.25) is 5.91 Å². The molecule has 1 aliphatic heterocycles. The highest BCUT2D eigenvalue weighted by atomic mass is 32.2. The molecule has 2 rings (SSSR count). The van der Waals surface area contributed by atoms with Gasteiger partial charge in [-0.3, -0.25) is 4.79 Å². The van der Waals surface area contributed by atoms with E-state index in [-0.39, 0.29) is 30.0 Å². The van der Waals surface area contributed by atoms with Crippen molar-refractivity contribution < 1.29 is 18.0 Å². The van der Waals surface area contributed by atoms with Crippen LogP contribution in [-0.4, -0.2) is 44.4 Å². The van der Waals surface area contributed by atoms with E-state index in [2.05, 4.69) is 29.8 Å². The number of urea groups is 1. The molecule has 0 radical (unpaired) electrons. The van der Waals surface area contributed by atoms with Crippen LogP contribution in [0.3, 0.4) is 0 Å². The van der Waals surface area contributed by atoms with Crippen molar-refractivity contribution in [3.8, 4) is 0 Å². The summed E-state index contributed by atoms with van der Waals surface area (Å²) in [5, 5.41) is 7.69. The van der Waals surface area contributed by atoms with Gasteiger partial charge in [-0.25, -0.2) is 13.2 Å². The van der Waals surface area contributed by atoms with Gasteiger partial charge in [-0.15, -0.1) is 0 Å². The molecule has 1 aliphatic rings. The topological polar surface area (TPSA) is 104 Å². The van der Waals surface area contributed by atoms with E-state index in [4.69, 9.17) is 0 Å². The lowest BCUT2D eigenvalue weighted by Gasteiger charge is -2.12. The zero-order valence-corrected chi connectivity index (χ0v) is 14.7. The first-order valence-corrected chi connectivity index (χ1v) is 9.72. The third-order valence-corrected chi connectivity index (χ3v) is 5.61. The Morgan fingerprint density at radius 3 is 2.42 bits per heavy atom. The first-order valence-electron chi connectivity index (χ1n) is 7.90. The number of hydrogen-bond donors (Lipinski definition) is 3. The van der Waals surface area contributed by atoms with E-state index >= 15 is 0 Å². The van der Waals surface area contributed by atoms with Crippen LogP contribution in [0.25, 0.3) is 0 Å². The fraction of sp³-hybridized carbons (Fsp3) is 0.500. The standard InChI is InChI=1S/C16H23N3O4S/c1-11(2)12-3-5-13(6-4-12)18-15(20)9-17-16(21)19-14-7-8-24(22,23)10-14/h3-6,11,14H,7-10H2,1-2H3,(H,18,20)(H2,17,19,21)/t14-/m0/s1. The summed E-state index contributed by atoms with van der Waals surface area (Å²) in [6.07, 6.45) is 0.407. The molecule has 1 heterocycles. The van der Waals surface area contributed by atoms with Crippen molar-refractivity contribution in [2.75, 3.05) is 23.4 Å². The lowest BCUT2D eigenvalue weighted by atomic mass is 10.0. The van der Waals surface area contributed by atoms with Crippen LogP contribution in [0, 0.1) is 0 Å². The molecule has 1 atom stereocenters. The van der Waals surface area contributed by atoms with Crippen LogP contribution in [-0.2, 0) is 14.6 Å². The molecule has 8 heteroatoms. The molecule has 132 valence electrons. The molecule has 24 heavy (non-hydrogen) atoms. The van der Waals surface area contributed by atoms with Gasteiger partial charge in [0.15, 0.2) is 9.84 Å². The first-order chi connectivity index (χ1) is 11.2. The normalized spacial score (nSPS) is 19.0. The average molecular weight is 353 g/mol. The van der Waals surface area contributed by atoms with Crippen LogP contribution in [0.5, 0.6) is 0 Å². The van der Waals surface area contributed by atoms with Gasteiger partial charge in [-0.1, -0.05) is 26.0 Å². The Bertz CT molecular complexity index is 699. The van der Waals surface area contributed by atoms with Crippen molar-refractivity contribution >= 4 is 27.5 Å². The van der Waals surface area contributed by atoms with E-state index in [1.807, 2.05) is 24.3 Å². The molecule has 0 unspecified atom stereocenters. The van der Waals surface area contributed by atoms with Crippen molar-refractivity contribution in [2.45, 2.75) is 32.2 Å². The molecule has 3 N–H and O–H groups in total. The van der Waals surface area contributed by atoms with E-state index in [0.29, 0.717) is 18.0 Å². The smallest absolute Gasteiger partial charge is 0.315 e. The van der Waals surface area contributed by atoms with E-state index in [1.165, 1.54) is 5.56 Å². The predicted molar refractivity (Wildman–Crippen MR) is 92.8 cm³/mol. The van der Waals surface area contributed by atoms with Gasteiger partial charge in [0, 0.05) is 11.7 Å². The summed E-state index contributed by atoms with van der Waals surface area (Å²) in [6, 6.07) is 6.60. The number of sulfone groups is 1. The molecule has 0 aliphatic carbocycles. The minimum absolute atomic E-state index is 0.0468. The largest absolute Gasteiger partial charge is 0.334 e. The number of benzene rings is 1. The second-order valence-electron chi connectivity index (χ2n) is 6.25. The molecule has 0 saturated carbocycles. The van der Waals surface area contributed by atoms with Crippen molar-refractivity contribution in [1.29, 1.82) is 0 Å². The third-order valence-electron chi connectivity index (χ3n) is 3.84. The molecule has 1 aromatic rings. The summed E-state index contributed by atoms with van der Waals surface area (Å²) in [5.41, 5.74) is 1.84. The van der Waals surface area contributed by atoms with Crippen LogP contribution in [0.1, 0.15) is 31.7 Å². The maximum absolute atomic E-state index is 11.8. The Labute approximate surface area is 142 Å². The van der Waals surface area contributed by atoms with Crippen LogP contribution >= 0.6 is 0 Å². The summed E-state index contributed by atoms with van der Waals surface area (Å²) in [4.78, 5) is 23.5. The molecular weight excluding hydrogens is 330 g/mol. The zero-order valence-electron chi connectivity index (χ0n) is 13.8. The molecule has 7 nitrogen and oxygen atoms in total. The van der Waals surface area contributed by atoms with Crippen molar-refractivity contribution in [1.82, 2.24) is 10.6 Å². The van der Waals surface area contributed by atoms with Crippen LogP contribution in [0.2, 0.25) is 0 Å². The predicted octanol–water partition coefficient (Wildman–Crippen LogP) is 1.23. The fourth-order valence-corrected chi connectivity index (χ4v) is 4.14. The quantitative estimate of drug-likeness (QED) is 0.740. The molecule has 1 fully saturated rings. The van der Waals surface area contributed by atoms with Crippen LogP contribution < -0.4 is 16.0 Å². The van der Waals surface area contributed by atoms with Crippen molar-refractivity contribution in [3.63, 3.8) is 0 Å². The summed E-state index contributed by atoms with van der Waals surface area (Å²) >= 11 is 0. The van der Waals surface area contributed by atoms with Gasteiger partial charge in [-0.2, -0.15) is 0 Å². The molecule has 0 aromatic heterocycles. The SMILES string of the molecule is CC(C)c1ccc(NC(=O)CNC(=O)N[C@H]2CCS(=O)(=O)C2)cc1. The Morgan fingerprint density at radius 1 is 1.21 bits per heavy atom. The molecule has 1 aromatic carbocycles. The highest BCUT2D eigenvalue weighted by Gasteiger charge is 2.28. The highest BCUT2D eigenvalue weighted by Crippen LogP contribution is 2.17. The third kappa shape index (κ3) is 5.52. The Morgan fingerprint density at radius 2 is 1.88 bits per heavy atom. The first kappa shape index (κ1) is 18.3. The van der Waals surface area contributed by atoms with E-state index in [9.17, 15) is 18.0 Å². The van der Waals surface area contributed by atoms with E-state index in [0.717, 1.165) is 0 Å². The zero-order chi connectivity index (χ0) is 17.7. The Balaban J connectivity index is 1.73. The van der Waals surface area contributed by atoms with Gasteiger partial charge in [0.25, 0.3) is 0 Å². The van der Waals surface area contributed by atoms with Gasteiger partial charge in [0.05, 0.1) is 18.1 Å². The lowest BCUT2D eigenvalue weighted by Crippen LogP contribution is -2.45. The lowest BCUT2D eigenvalue weighted by molar-refractivity contribution is -0.115. The van der Waals surface area contributed by atoms with Crippen LogP contribution in [0.15, 0.2) is 24.3 Å². The van der Waals surface area contributed by atoms with Gasteiger partial charge in [-0.05, 0) is 30.0 Å². The number of rotatable bonds is 5. The summed E-state index contributed by atoms with van der Waals surface area (Å²) < 4.78 is 22.6. The minimum atomic E-state index is -3.04. The monoisotopic (exact) mass is 353 g/mol. The summed E-state index contributed by atoms with van der Waals surface area (Å²) in [6.45, 7) is 3.99. The Kier molecular flexibility index (Phi) is 5.82. The fourth-order valence-electron chi connectivity index (χ4n) is 2.46. The van der Waals surface area contributed by atoms with Gasteiger partial charge in [0.1, 0.15) is 0 Å². The maximum atomic E-state index is 11.8. The summed E-state index contributed by atoms with van der Waals surface area (Å²) in [7, 11) is -3.04. The molecule has 0 spiro atoms. The number of amides is 3. The van der Waals surface area contributed by atoms with Gasteiger partial charge >= 0.3 is 6.03 Å². The van der Waals surface area contributed by atoms with E-state index in [1.54, 1.807) is 0 Å². The number of carbonyl (C=O) groups excluding carboxylic acids is 2. The minimum Gasteiger partial charge on any atom is -0.334 e. The molecule has 1 saturated heterocycles. The van der Waals surface area contributed by atoms with Crippen LogP contribution in [0.4, 0.5) is 10.5 Å². The highest BCUT2D eigenvalue weighted by molar-refractivity contribution is 7.91. The average Bonchev–Trinajstić information content (AvgIpc) is 2.84.